The number of halogens is 3. The lowest BCUT2D eigenvalue weighted by atomic mass is 9.81. The summed E-state index contributed by atoms with van der Waals surface area (Å²) in [5.74, 6) is 0. The van der Waals surface area contributed by atoms with Crippen LogP contribution in [0.1, 0.15) is 38.3 Å². The average Bonchev–Trinajstić information content (AvgIpc) is 2.28. The van der Waals surface area contributed by atoms with Gasteiger partial charge in [0.05, 0.1) is 11.7 Å². The van der Waals surface area contributed by atoms with Crippen LogP contribution >= 0.6 is 0 Å². The van der Waals surface area contributed by atoms with Crippen molar-refractivity contribution in [3.8, 4) is 0 Å². The SMILES string of the molecule is CCC(C)(C)C(O)Cc1ccc(C(F)(F)F)cc1. The summed E-state index contributed by atoms with van der Waals surface area (Å²) in [5.41, 5.74) is -0.171. The first kappa shape index (κ1) is 15.0. The van der Waals surface area contributed by atoms with E-state index in [0.29, 0.717) is 6.42 Å². The Hall–Kier alpha value is -1.03. The summed E-state index contributed by atoms with van der Waals surface area (Å²) in [6, 6.07) is 4.97. The summed E-state index contributed by atoms with van der Waals surface area (Å²) in [5, 5.41) is 10.0. The Labute approximate surface area is 106 Å². The summed E-state index contributed by atoms with van der Waals surface area (Å²) >= 11 is 0. The highest BCUT2D eigenvalue weighted by atomic mass is 19.4. The monoisotopic (exact) mass is 260 g/mol. The fourth-order valence-electron chi connectivity index (χ4n) is 1.56. The fourth-order valence-corrected chi connectivity index (χ4v) is 1.56. The lowest BCUT2D eigenvalue weighted by Gasteiger charge is -2.29. The molecule has 0 aliphatic heterocycles. The van der Waals surface area contributed by atoms with Gasteiger partial charge in [0.25, 0.3) is 0 Å². The van der Waals surface area contributed by atoms with Gasteiger partial charge in [0.2, 0.25) is 0 Å². The van der Waals surface area contributed by atoms with Crippen LogP contribution < -0.4 is 0 Å². The Kier molecular flexibility index (Phi) is 4.43. The molecule has 1 rings (SSSR count). The molecule has 0 aromatic heterocycles. The number of aliphatic hydroxyl groups is 1. The van der Waals surface area contributed by atoms with Gasteiger partial charge in [0.1, 0.15) is 0 Å². The second-order valence-electron chi connectivity index (χ2n) is 5.26. The molecule has 0 saturated heterocycles. The zero-order valence-electron chi connectivity index (χ0n) is 10.9. The molecule has 1 aromatic carbocycles. The molecule has 1 unspecified atom stereocenters. The molecule has 4 heteroatoms. The van der Waals surface area contributed by atoms with Gasteiger partial charge in [-0.2, -0.15) is 13.2 Å². The molecule has 1 atom stereocenters. The van der Waals surface area contributed by atoms with Crippen molar-refractivity contribution < 1.29 is 18.3 Å². The Bertz CT molecular complexity index is 379. The highest BCUT2D eigenvalue weighted by molar-refractivity contribution is 5.25. The van der Waals surface area contributed by atoms with Gasteiger partial charge in [-0.05, 0) is 36.0 Å². The highest BCUT2D eigenvalue weighted by Gasteiger charge is 2.30. The molecular weight excluding hydrogens is 241 g/mol. The molecule has 0 spiro atoms. The molecule has 102 valence electrons. The third-order valence-electron chi connectivity index (χ3n) is 3.52. The molecule has 0 saturated carbocycles. The van der Waals surface area contributed by atoms with E-state index in [9.17, 15) is 18.3 Å². The molecule has 0 fully saturated rings. The van der Waals surface area contributed by atoms with Crippen molar-refractivity contribution in [3.05, 3.63) is 35.4 Å². The van der Waals surface area contributed by atoms with Crippen LogP contribution in [0.5, 0.6) is 0 Å². The number of rotatable bonds is 4. The summed E-state index contributed by atoms with van der Waals surface area (Å²) in [6.45, 7) is 5.87. The van der Waals surface area contributed by atoms with Gasteiger partial charge in [-0.3, -0.25) is 0 Å². The predicted molar refractivity (Wildman–Crippen MR) is 65.2 cm³/mol. The first-order valence-electron chi connectivity index (χ1n) is 6.01. The molecule has 0 heterocycles. The maximum atomic E-state index is 12.4. The van der Waals surface area contributed by atoms with Crippen LogP contribution in [-0.4, -0.2) is 11.2 Å². The van der Waals surface area contributed by atoms with E-state index in [-0.39, 0.29) is 5.41 Å². The van der Waals surface area contributed by atoms with Crippen molar-refractivity contribution in [2.24, 2.45) is 5.41 Å². The van der Waals surface area contributed by atoms with Gasteiger partial charge in [0.15, 0.2) is 0 Å². The van der Waals surface area contributed by atoms with Crippen LogP contribution in [0.15, 0.2) is 24.3 Å². The van der Waals surface area contributed by atoms with Gasteiger partial charge >= 0.3 is 6.18 Å². The number of aliphatic hydroxyl groups excluding tert-OH is 1. The second-order valence-corrected chi connectivity index (χ2v) is 5.26. The Morgan fingerprint density at radius 3 is 2.00 bits per heavy atom. The maximum absolute atomic E-state index is 12.4. The lowest BCUT2D eigenvalue weighted by Crippen LogP contribution is -2.30. The molecule has 1 aromatic rings. The van der Waals surface area contributed by atoms with E-state index in [4.69, 9.17) is 0 Å². The number of benzene rings is 1. The largest absolute Gasteiger partial charge is 0.416 e. The maximum Gasteiger partial charge on any atom is 0.416 e. The molecular formula is C14H19F3O. The minimum absolute atomic E-state index is 0.233. The summed E-state index contributed by atoms with van der Waals surface area (Å²) in [4.78, 5) is 0. The minimum Gasteiger partial charge on any atom is -0.392 e. The van der Waals surface area contributed by atoms with Crippen molar-refractivity contribution in [2.75, 3.05) is 0 Å². The van der Waals surface area contributed by atoms with E-state index in [1.54, 1.807) is 0 Å². The normalized spacial score (nSPS) is 14.6. The Morgan fingerprint density at radius 2 is 1.61 bits per heavy atom. The Balaban J connectivity index is 2.76. The van der Waals surface area contributed by atoms with Crippen LogP contribution in [0.25, 0.3) is 0 Å². The minimum atomic E-state index is -4.31. The zero-order chi connectivity index (χ0) is 14.0. The van der Waals surface area contributed by atoms with E-state index in [1.165, 1.54) is 12.1 Å². The van der Waals surface area contributed by atoms with Gasteiger partial charge in [-0.25, -0.2) is 0 Å². The number of hydrogen-bond donors (Lipinski definition) is 1. The van der Waals surface area contributed by atoms with Gasteiger partial charge < -0.3 is 5.11 Å². The second kappa shape index (κ2) is 5.31. The van der Waals surface area contributed by atoms with E-state index in [0.717, 1.165) is 24.1 Å². The van der Waals surface area contributed by atoms with Crippen LogP contribution in [0.3, 0.4) is 0 Å². The van der Waals surface area contributed by atoms with Crippen LogP contribution in [0.2, 0.25) is 0 Å². The number of hydrogen-bond acceptors (Lipinski definition) is 1. The fraction of sp³-hybridized carbons (Fsp3) is 0.571. The molecule has 0 aliphatic carbocycles. The van der Waals surface area contributed by atoms with Crippen molar-refractivity contribution in [1.82, 2.24) is 0 Å². The molecule has 18 heavy (non-hydrogen) atoms. The highest BCUT2D eigenvalue weighted by Crippen LogP contribution is 2.30. The average molecular weight is 260 g/mol. The van der Waals surface area contributed by atoms with E-state index in [2.05, 4.69) is 0 Å². The van der Waals surface area contributed by atoms with Crippen LogP contribution in [-0.2, 0) is 12.6 Å². The number of alkyl halides is 3. The molecule has 0 bridgehead atoms. The first-order valence-corrected chi connectivity index (χ1v) is 6.01. The van der Waals surface area contributed by atoms with Crippen molar-refractivity contribution in [3.63, 3.8) is 0 Å². The van der Waals surface area contributed by atoms with Crippen LogP contribution in [0, 0.1) is 5.41 Å². The van der Waals surface area contributed by atoms with Crippen molar-refractivity contribution in [2.45, 2.75) is 45.9 Å². The van der Waals surface area contributed by atoms with E-state index in [1.807, 2.05) is 20.8 Å². The molecule has 0 amide bonds. The summed E-state index contributed by atoms with van der Waals surface area (Å²) in [6.07, 6.45) is -3.67. The lowest BCUT2D eigenvalue weighted by molar-refractivity contribution is -0.137. The van der Waals surface area contributed by atoms with Crippen LogP contribution in [0.4, 0.5) is 13.2 Å². The third-order valence-corrected chi connectivity index (χ3v) is 3.52. The van der Waals surface area contributed by atoms with E-state index < -0.39 is 17.8 Å². The molecule has 0 radical (unpaired) electrons. The van der Waals surface area contributed by atoms with Gasteiger partial charge in [0, 0.05) is 0 Å². The first-order chi connectivity index (χ1) is 8.16. The molecule has 1 nitrogen and oxygen atoms in total. The molecule has 0 aliphatic rings. The quantitative estimate of drug-likeness (QED) is 0.866. The smallest absolute Gasteiger partial charge is 0.392 e. The molecule has 1 N–H and O–H groups in total. The van der Waals surface area contributed by atoms with Gasteiger partial charge in [-0.1, -0.05) is 32.9 Å². The standard InChI is InChI=1S/C14H19F3O/c1-4-13(2,3)12(18)9-10-5-7-11(8-6-10)14(15,16)17/h5-8,12,18H,4,9H2,1-3H3. The van der Waals surface area contributed by atoms with Crippen molar-refractivity contribution >= 4 is 0 Å². The van der Waals surface area contributed by atoms with E-state index >= 15 is 0 Å². The predicted octanol–water partition coefficient (Wildman–Crippen LogP) is 4.05. The van der Waals surface area contributed by atoms with Crippen molar-refractivity contribution in [1.29, 1.82) is 0 Å². The van der Waals surface area contributed by atoms with Gasteiger partial charge in [-0.15, -0.1) is 0 Å². The third kappa shape index (κ3) is 3.73. The zero-order valence-corrected chi connectivity index (χ0v) is 10.9. The Morgan fingerprint density at radius 1 is 1.11 bits per heavy atom. The topological polar surface area (TPSA) is 20.2 Å². The summed E-state index contributed by atoms with van der Waals surface area (Å²) in [7, 11) is 0. The summed E-state index contributed by atoms with van der Waals surface area (Å²) < 4.78 is 37.1.